The largest absolute Gasteiger partial charge is 0.480 e. The van der Waals surface area contributed by atoms with Gasteiger partial charge in [-0.2, -0.15) is 5.26 Å². The van der Waals surface area contributed by atoms with Gasteiger partial charge in [0.2, 0.25) is 0 Å². The molecule has 0 unspecified atom stereocenters. The number of carbonyl (C=O) groups excluding carboxylic acids is 1. The number of carboxylic acids is 1. The minimum atomic E-state index is -1.19. The number of benzene rings is 1. The van der Waals surface area contributed by atoms with Gasteiger partial charge in [0.1, 0.15) is 11.6 Å². The van der Waals surface area contributed by atoms with Gasteiger partial charge in [-0.25, -0.2) is 9.59 Å². The van der Waals surface area contributed by atoms with Crippen molar-refractivity contribution in [2.45, 2.75) is 38.1 Å². The van der Waals surface area contributed by atoms with Crippen molar-refractivity contribution in [3.05, 3.63) is 29.3 Å². The predicted molar refractivity (Wildman–Crippen MR) is 76.9 cm³/mol. The van der Waals surface area contributed by atoms with Crippen molar-refractivity contribution in [2.75, 3.05) is 5.32 Å². The van der Waals surface area contributed by atoms with Gasteiger partial charge in [-0.15, -0.1) is 0 Å². The first-order chi connectivity index (χ1) is 9.98. The maximum atomic E-state index is 12.1. The summed E-state index contributed by atoms with van der Waals surface area (Å²) in [6, 6.07) is 6.56. The molecule has 0 bridgehead atoms. The van der Waals surface area contributed by atoms with Crippen molar-refractivity contribution in [1.82, 2.24) is 5.32 Å². The quantitative estimate of drug-likeness (QED) is 0.794. The Morgan fingerprint density at radius 2 is 2.00 bits per heavy atom. The highest BCUT2D eigenvalue weighted by atomic mass is 16.4. The smallest absolute Gasteiger partial charge is 0.329 e. The minimum absolute atomic E-state index is 0.378. The van der Waals surface area contributed by atoms with E-state index in [0.717, 1.165) is 18.4 Å². The van der Waals surface area contributed by atoms with Crippen LogP contribution in [0.2, 0.25) is 0 Å². The molecule has 1 fully saturated rings. The Hall–Kier alpha value is -2.55. The molecular weight excluding hydrogens is 270 g/mol. The highest BCUT2D eigenvalue weighted by Crippen LogP contribution is 2.30. The van der Waals surface area contributed by atoms with Crippen LogP contribution in [0.3, 0.4) is 0 Å². The van der Waals surface area contributed by atoms with Crippen LogP contribution >= 0.6 is 0 Å². The van der Waals surface area contributed by atoms with Crippen LogP contribution in [-0.2, 0) is 4.79 Å². The van der Waals surface area contributed by atoms with Crippen LogP contribution in [0.1, 0.15) is 36.8 Å². The van der Waals surface area contributed by atoms with Crippen LogP contribution in [-0.4, -0.2) is 22.6 Å². The summed E-state index contributed by atoms with van der Waals surface area (Å²) in [5, 5.41) is 23.6. The number of nitrogens with one attached hydrogen (secondary N) is 2. The number of nitrogens with zero attached hydrogens (tertiary/aromatic N) is 1. The van der Waals surface area contributed by atoms with Crippen molar-refractivity contribution in [1.29, 1.82) is 5.26 Å². The number of rotatable bonds is 3. The Morgan fingerprint density at radius 1 is 1.33 bits per heavy atom. The van der Waals surface area contributed by atoms with Gasteiger partial charge in [0.05, 0.1) is 11.3 Å². The summed E-state index contributed by atoms with van der Waals surface area (Å²) >= 11 is 0. The Kier molecular flexibility index (Phi) is 4.13. The van der Waals surface area contributed by atoms with E-state index in [9.17, 15) is 14.7 Å². The molecule has 6 heteroatoms. The maximum Gasteiger partial charge on any atom is 0.329 e. The molecule has 0 saturated heterocycles. The Morgan fingerprint density at radius 3 is 2.57 bits per heavy atom. The van der Waals surface area contributed by atoms with Gasteiger partial charge < -0.3 is 15.7 Å². The first-order valence-electron chi connectivity index (χ1n) is 6.81. The normalized spacial score (nSPS) is 16.0. The van der Waals surface area contributed by atoms with Crippen LogP contribution in [0.4, 0.5) is 10.5 Å². The average Bonchev–Trinajstić information content (AvgIpc) is 2.88. The van der Waals surface area contributed by atoms with E-state index in [2.05, 4.69) is 10.6 Å². The van der Waals surface area contributed by atoms with Crippen molar-refractivity contribution in [3.8, 4) is 6.07 Å². The van der Waals surface area contributed by atoms with Gasteiger partial charge in [-0.1, -0.05) is 25.0 Å². The zero-order chi connectivity index (χ0) is 15.5. The summed E-state index contributed by atoms with van der Waals surface area (Å²) in [5.74, 6) is -1.01. The van der Waals surface area contributed by atoms with Crippen LogP contribution in [0.25, 0.3) is 0 Å². The van der Waals surface area contributed by atoms with E-state index in [1.165, 1.54) is 0 Å². The van der Waals surface area contributed by atoms with E-state index in [4.69, 9.17) is 5.26 Å². The molecule has 1 aromatic carbocycles. The molecule has 1 aromatic rings. The van der Waals surface area contributed by atoms with Gasteiger partial charge in [-0.05, 0) is 31.4 Å². The van der Waals surface area contributed by atoms with Gasteiger partial charge >= 0.3 is 12.0 Å². The summed E-state index contributed by atoms with van der Waals surface area (Å²) in [6.07, 6.45) is 2.41. The number of aliphatic carboxylic acids is 1. The molecule has 1 aliphatic rings. The zero-order valence-electron chi connectivity index (χ0n) is 11.8. The molecule has 1 aliphatic carbocycles. The Labute approximate surface area is 122 Å². The number of aryl methyl sites for hydroxylation is 1. The van der Waals surface area contributed by atoms with Crippen molar-refractivity contribution >= 4 is 17.7 Å². The van der Waals surface area contributed by atoms with Crippen molar-refractivity contribution in [2.24, 2.45) is 0 Å². The topological polar surface area (TPSA) is 102 Å². The zero-order valence-corrected chi connectivity index (χ0v) is 11.8. The lowest BCUT2D eigenvalue weighted by Gasteiger charge is -2.25. The van der Waals surface area contributed by atoms with E-state index in [0.29, 0.717) is 24.1 Å². The fraction of sp³-hybridized carbons (Fsp3) is 0.400. The van der Waals surface area contributed by atoms with Crippen LogP contribution in [0.5, 0.6) is 0 Å². The van der Waals surface area contributed by atoms with Crippen molar-refractivity contribution < 1.29 is 14.7 Å². The molecule has 0 aromatic heterocycles. The van der Waals surface area contributed by atoms with Gasteiger partial charge in [0.25, 0.3) is 0 Å². The molecular formula is C15H17N3O3. The predicted octanol–water partition coefficient (Wildman–Crippen LogP) is 2.39. The number of hydrogen-bond acceptors (Lipinski definition) is 3. The highest BCUT2D eigenvalue weighted by Gasteiger charge is 2.42. The molecule has 0 radical (unpaired) electrons. The lowest BCUT2D eigenvalue weighted by Crippen LogP contribution is -2.53. The molecule has 6 nitrogen and oxygen atoms in total. The summed E-state index contributed by atoms with van der Waals surface area (Å²) in [4.78, 5) is 23.5. The van der Waals surface area contributed by atoms with Gasteiger partial charge in [0.15, 0.2) is 0 Å². The minimum Gasteiger partial charge on any atom is -0.480 e. The second-order valence-electron chi connectivity index (χ2n) is 5.28. The third-order valence-electron chi connectivity index (χ3n) is 3.85. The molecule has 0 spiro atoms. The van der Waals surface area contributed by atoms with Crippen molar-refractivity contribution in [3.63, 3.8) is 0 Å². The average molecular weight is 287 g/mol. The van der Waals surface area contributed by atoms with E-state index in [-0.39, 0.29) is 0 Å². The second-order valence-corrected chi connectivity index (χ2v) is 5.28. The molecule has 110 valence electrons. The maximum absolute atomic E-state index is 12.1. The highest BCUT2D eigenvalue weighted by molar-refractivity contribution is 5.95. The Bertz CT molecular complexity index is 613. The van der Waals surface area contributed by atoms with Crippen LogP contribution in [0, 0.1) is 18.3 Å². The number of hydrogen-bond donors (Lipinski definition) is 3. The molecule has 2 amide bonds. The second kappa shape index (κ2) is 5.83. The summed E-state index contributed by atoms with van der Waals surface area (Å²) < 4.78 is 0. The Balaban J connectivity index is 2.14. The summed E-state index contributed by atoms with van der Waals surface area (Å²) in [6.45, 7) is 1.78. The number of urea groups is 1. The fourth-order valence-corrected chi connectivity index (χ4v) is 2.66. The van der Waals surface area contributed by atoms with Gasteiger partial charge in [0, 0.05) is 0 Å². The summed E-state index contributed by atoms with van der Waals surface area (Å²) in [5.41, 5.74) is 0.321. The molecule has 0 aliphatic heterocycles. The van der Waals surface area contributed by atoms with Gasteiger partial charge in [-0.3, -0.25) is 0 Å². The number of amides is 2. The first kappa shape index (κ1) is 14.9. The number of carbonyl (C=O) groups is 2. The summed E-state index contributed by atoms with van der Waals surface area (Å²) in [7, 11) is 0. The fourth-order valence-electron chi connectivity index (χ4n) is 2.66. The van der Waals surface area contributed by atoms with Crippen LogP contribution < -0.4 is 10.6 Å². The number of carboxylic acid groups (broad SMARTS) is 1. The lowest BCUT2D eigenvalue weighted by molar-refractivity contribution is -0.144. The van der Waals surface area contributed by atoms with E-state index in [1.807, 2.05) is 6.07 Å². The number of nitriles is 1. The third kappa shape index (κ3) is 2.97. The SMILES string of the molecule is Cc1cccc(NC(=O)NC2(C(=O)O)CCCC2)c1C#N. The molecule has 1 saturated carbocycles. The first-order valence-corrected chi connectivity index (χ1v) is 6.81. The lowest BCUT2D eigenvalue weighted by atomic mass is 9.98. The molecule has 0 heterocycles. The van der Waals surface area contributed by atoms with Crippen LogP contribution in [0.15, 0.2) is 18.2 Å². The van der Waals surface area contributed by atoms with E-state index in [1.54, 1.807) is 25.1 Å². The molecule has 3 N–H and O–H groups in total. The number of anilines is 1. The molecule has 2 rings (SSSR count). The monoisotopic (exact) mass is 287 g/mol. The molecule has 0 atom stereocenters. The van der Waals surface area contributed by atoms with E-state index >= 15 is 0 Å². The van der Waals surface area contributed by atoms with E-state index < -0.39 is 17.5 Å². The third-order valence-corrected chi connectivity index (χ3v) is 3.85. The molecule has 21 heavy (non-hydrogen) atoms. The standard InChI is InChI=1S/C15H17N3O3/c1-10-5-4-6-12(11(10)9-16)17-14(21)18-15(13(19)20)7-2-3-8-15/h4-6H,2-3,7-8H2,1H3,(H,19,20)(H2,17,18,21).